The van der Waals surface area contributed by atoms with Gasteiger partial charge in [-0.25, -0.2) is 9.98 Å². The summed E-state index contributed by atoms with van der Waals surface area (Å²) in [5, 5.41) is 5.88. The fourth-order valence-corrected chi connectivity index (χ4v) is 2.09. The Labute approximate surface area is 183 Å². The number of hydrogen-bond donors (Lipinski definition) is 2. The Balaban J connectivity index is 0. The van der Waals surface area contributed by atoms with Crippen molar-refractivity contribution in [2.24, 2.45) is 9.98 Å². The topological polar surface area (TPSA) is 65.8 Å². The Kier molecular flexibility index (Phi) is 18.5. The van der Waals surface area contributed by atoms with E-state index in [9.17, 15) is 4.79 Å². The maximum Gasteiger partial charge on any atom is 0.251 e. The first kappa shape index (κ1) is 29.0. The average molecular weight is 411 g/mol. The highest BCUT2D eigenvalue weighted by Crippen LogP contribution is 2.17. The van der Waals surface area contributed by atoms with E-state index in [1.165, 1.54) is 0 Å². The number of rotatable bonds is 7. The molecule has 1 rings (SSSR count). The van der Waals surface area contributed by atoms with Crippen molar-refractivity contribution in [3.63, 3.8) is 0 Å². The number of aliphatic imine (C=N–C) groups is 2. The number of benzene rings is 1. The number of amides is 1. The lowest BCUT2D eigenvalue weighted by molar-refractivity contribution is 0.0956. The highest BCUT2D eigenvalue weighted by atomic mass is 16.1. The van der Waals surface area contributed by atoms with Crippen molar-refractivity contribution >= 4 is 23.8 Å². The van der Waals surface area contributed by atoms with Crippen LogP contribution < -0.4 is 10.6 Å². The van der Waals surface area contributed by atoms with E-state index in [-0.39, 0.29) is 5.91 Å². The largest absolute Gasteiger partial charge is 0.352 e. The SMILES string of the molecule is C=C/C=C(\C=C)NC(/N=C\C)=N\C(=C/C)c1ccc(C(=O)NCC)cc1.CC.CC. The van der Waals surface area contributed by atoms with Gasteiger partial charge in [-0.05, 0) is 50.6 Å². The molecule has 30 heavy (non-hydrogen) atoms. The normalized spacial score (nSPS) is 11.5. The molecular formula is C25H38N4O. The van der Waals surface area contributed by atoms with Crippen molar-refractivity contribution in [3.8, 4) is 0 Å². The molecule has 0 aliphatic carbocycles. The lowest BCUT2D eigenvalue weighted by atomic mass is 10.1. The Morgan fingerprint density at radius 3 is 2.03 bits per heavy atom. The zero-order valence-electron chi connectivity index (χ0n) is 19.6. The van der Waals surface area contributed by atoms with Crippen molar-refractivity contribution in [1.29, 1.82) is 0 Å². The molecule has 0 radical (unpaired) electrons. The zero-order valence-corrected chi connectivity index (χ0v) is 19.6. The summed E-state index contributed by atoms with van der Waals surface area (Å²) in [6.45, 7) is 21.6. The van der Waals surface area contributed by atoms with E-state index in [1.807, 2.05) is 66.7 Å². The molecular weight excluding hydrogens is 372 g/mol. The predicted octanol–water partition coefficient (Wildman–Crippen LogP) is 6.14. The zero-order chi connectivity index (χ0) is 23.4. The van der Waals surface area contributed by atoms with E-state index in [1.54, 1.807) is 36.6 Å². The minimum Gasteiger partial charge on any atom is -0.352 e. The highest BCUT2D eigenvalue weighted by Gasteiger charge is 2.06. The van der Waals surface area contributed by atoms with E-state index in [0.29, 0.717) is 18.1 Å². The number of carbonyl (C=O) groups is 1. The monoisotopic (exact) mass is 410 g/mol. The molecule has 0 aliphatic rings. The van der Waals surface area contributed by atoms with E-state index in [2.05, 4.69) is 33.8 Å². The third-order valence-electron chi connectivity index (χ3n) is 3.30. The van der Waals surface area contributed by atoms with Gasteiger partial charge in [0.15, 0.2) is 0 Å². The second kappa shape index (κ2) is 19.1. The molecule has 0 aromatic heterocycles. The Morgan fingerprint density at radius 2 is 1.60 bits per heavy atom. The van der Waals surface area contributed by atoms with Gasteiger partial charge >= 0.3 is 0 Å². The summed E-state index contributed by atoms with van der Waals surface area (Å²) in [4.78, 5) is 20.7. The third-order valence-corrected chi connectivity index (χ3v) is 3.30. The van der Waals surface area contributed by atoms with Crippen LogP contribution in [0, 0.1) is 0 Å². The number of carbonyl (C=O) groups excluding carboxylic acids is 1. The van der Waals surface area contributed by atoms with Crippen LogP contribution in [0.4, 0.5) is 0 Å². The van der Waals surface area contributed by atoms with Gasteiger partial charge in [-0.1, -0.05) is 65.1 Å². The Hall–Kier alpha value is -3.21. The molecule has 1 aromatic rings. The van der Waals surface area contributed by atoms with E-state index >= 15 is 0 Å². The quantitative estimate of drug-likeness (QED) is 0.322. The number of nitrogens with zero attached hydrogens (tertiary/aromatic N) is 2. The molecule has 0 saturated carbocycles. The molecule has 1 aromatic carbocycles. The molecule has 5 nitrogen and oxygen atoms in total. The maximum absolute atomic E-state index is 11.9. The van der Waals surface area contributed by atoms with Gasteiger partial charge in [0, 0.05) is 24.0 Å². The van der Waals surface area contributed by atoms with Gasteiger partial charge in [0.1, 0.15) is 0 Å². The first-order valence-electron chi connectivity index (χ1n) is 10.4. The average Bonchev–Trinajstić information content (AvgIpc) is 2.80. The summed E-state index contributed by atoms with van der Waals surface area (Å²) < 4.78 is 0. The van der Waals surface area contributed by atoms with Crippen LogP contribution in [0.15, 0.2) is 77.4 Å². The maximum atomic E-state index is 11.9. The van der Waals surface area contributed by atoms with Gasteiger partial charge in [0.25, 0.3) is 5.91 Å². The van der Waals surface area contributed by atoms with E-state index in [4.69, 9.17) is 0 Å². The second-order valence-electron chi connectivity index (χ2n) is 5.12. The van der Waals surface area contributed by atoms with Gasteiger partial charge in [-0.2, -0.15) is 0 Å². The number of hydrogen-bond acceptors (Lipinski definition) is 2. The van der Waals surface area contributed by atoms with Crippen LogP contribution in [0.2, 0.25) is 0 Å². The minimum atomic E-state index is -0.0901. The van der Waals surface area contributed by atoms with Crippen molar-refractivity contribution in [1.82, 2.24) is 10.6 Å². The molecule has 1 amide bonds. The molecule has 2 N–H and O–H groups in total. The lowest BCUT2D eigenvalue weighted by Crippen LogP contribution is -2.22. The highest BCUT2D eigenvalue weighted by molar-refractivity contribution is 5.95. The molecule has 0 aliphatic heterocycles. The van der Waals surface area contributed by atoms with Gasteiger partial charge in [-0.15, -0.1) is 0 Å². The minimum absolute atomic E-state index is 0.0901. The molecule has 0 unspecified atom stereocenters. The van der Waals surface area contributed by atoms with Gasteiger partial charge in [0.2, 0.25) is 5.96 Å². The second-order valence-corrected chi connectivity index (χ2v) is 5.12. The summed E-state index contributed by atoms with van der Waals surface area (Å²) in [7, 11) is 0. The van der Waals surface area contributed by atoms with Crippen LogP contribution in [0.5, 0.6) is 0 Å². The number of allylic oxidation sites excluding steroid dienone is 4. The van der Waals surface area contributed by atoms with E-state index in [0.717, 1.165) is 17.0 Å². The van der Waals surface area contributed by atoms with Gasteiger partial charge < -0.3 is 10.6 Å². The summed E-state index contributed by atoms with van der Waals surface area (Å²) in [6, 6.07) is 7.29. The Bertz CT molecular complexity index is 754. The first-order valence-corrected chi connectivity index (χ1v) is 10.4. The fourth-order valence-electron chi connectivity index (χ4n) is 2.09. The molecule has 0 atom stereocenters. The summed E-state index contributed by atoms with van der Waals surface area (Å²) in [5.41, 5.74) is 2.98. The smallest absolute Gasteiger partial charge is 0.251 e. The molecule has 164 valence electrons. The fraction of sp³-hybridized carbons (Fsp3) is 0.320. The van der Waals surface area contributed by atoms with Crippen molar-refractivity contribution < 1.29 is 4.79 Å². The van der Waals surface area contributed by atoms with Crippen LogP contribution in [-0.2, 0) is 0 Å². The number of guanidine groups is 1. The lowest BCUT2D eigenvalue weighted by Gasteiger charge is -2.09. The van der Waals surface area contributed by atoms with Crippen LogP contribution in [0.1, 0.15) is 64.4 Å². The third kappa shape index (κ3) is 11.0. The Morgan fingerprint density at radius 1 is 1.03 bits per heavy atom. The van der Waals surface area contributed by atoms with Gasteiger partial charge in [0.05, 0.1) is 5.70 Å². The first-order chi connectivity index (χ1) is 14.6. The van der Waals surface area contributed by atoms with Crippen LogP contribution in [0.3, 0.4) is 0 Å². The molecule has 0 bridgehead atoms. The molecule has 0 fully saturated rings. The predicted molar refractivity (Wildman–Crippen MR) is 134 cm³/mol. The van der Waals surface area contributed by atoms with Crippen molar-refractivity contribution in [3.05, 3.63) is 78.6 Å². The standard InChI is InChI=1S/C21H26N4O.2C2H6/c1-6-11-18(7-2)24-21(23-10-5)25-19(8-3)16-12-14-17(15-13-16)20(26)22-9-4;2*1-2/h6-8,10-15H,1-2,9H2,3-5H3,(H,22,26)(H,24,25);2*1-2H3/b18-11+,19-8-,23-10-;;. The summed E-state index contributed by atoms with van der Waals surface area (Å²) >= 11 is 0. The summed E-state index contributed by atoms with van der Waals surface area (Å²) in [6.07, 6.45) is 8.65. The molecule has 0 heterocycles. The van der Waals surface area contributed by atoms with Crippen LogP contribution in [-0.4, -0.2) is 24.6 Å². The molecule has 0 saturated heterocycles. The number of nitrogens with one attached hydrogen (secondary N) is 2. The van der Waals surface area contributed by atoms with Crippen molar-refractivity contribution in [2.75, 3.05) is 6.54 Å². The van der Waals surface area contributed by atoms with Gasteiger partial charge in [-0.3, -0.25) is 4.79 Å². The van der Waals surface area contributed by atoms with Crippen LogP contribution in [0.25, 0.3) is 5.70 Å². The van der Waals surface area contributed by atoms with E-state index < -0.39 is 0 Å². The van der Waals surface area contributed by atoms with Crippen molar-refractivity contribution in [2.45, 2.75) is 48.5 Å². The summed E-state index contributed by atoms with van der Waals surface area (Å²) in [5.74, 6) is 0.342. The molecule has 5 heteroatoms. The molecule has 0 spiro atoms. The van der Waals surface area contributed by atoms with Crippen LogP contribution >= 0.6 is 0 Å².